The van der Waals surface area contributed by atoms with E-state index in [1.165, 1.54) is 0 Å². The van der Waals surface area contributed by atoms with Gasteiger partial charge in [-0.25, -0.2) is 13.2 Å². The molecular weight excluding hydrogens is 327 g/mol. The lowest BCUT2D eigenvalue weighted by Crippen LogP contribution is -2.60. The molecular formula is C9H9F9OS. The van der Waals surface area contributed by atoms with Gasteiger partial charge in [0.1, 0.15) is 0 Å². The molecule has 11 heteroatoms. The maximum absolute atomic E-state index is 13.0. The molecule has 0 bridgehead atoms. The van der Waals surface area contributed by atoms with Crippen LogP contribution in [0.3, 0.4) is 0 Å². The average Bonchev–Trinajstić information content (AvgIpc) is 2.26. The Kier molecular flexibility index (Phi) is 6.24. The number of thioether (sulfide) groups is 1. The molecule has 0 aliphatic heterocycles. The number of hydrogen-bond acceptors (Lipinski definition) is 2. The van der Waals surface area contributed by atoms with Gasteiger partial charge in [-0.1, -0.05) is 11.8 Å². The predicted molar refractivity (Wildman–Crippen MR) is 53.5 cm³/mol. The van der Waals surface area contributed by atoms with Crippen LogP contribution in [-0.4, -0.2) is 41.2 Å². The molecule has 0 N–H and O–H groups in total. The Morgan fingerprint density at radius 2 is 1.50 bits per heavy atom. The summed E-state index contributed by atoms with van der Waals surface area (Å²) < 4.78 is 113. The summed E-state index contributed by atoms with van der Waals surface area (Å²) >= 11 is 0.161. The monoisotopic (exact) mass is 336 g/mol. The van der Waals surface area contributed by atoms with E-state index in [0.29, 0.717) is 0 Å². The Morgan fingerprint density at radius 1 is 1.05 bits per heavy atom. The van der Waals surface area contributed by atoms with E-state index in [2.05, 4.69) is 0 Å². The normalized spacial score (nSPS) is 15.6. The van der Waals surface area contributed by atoms with Gasteiger partial charge in [-0.2, -0.15) is 26.3 Å². The quantitative estimate of drug-likeness (QED) is 0.649. The first-order valence-corrected chi connectivity index (χ1v) is 5.95. The Morgan fingerprint density at radius 3 is 1.85 bits per heavy atom. The van der Waals surface area contributed by atoms with Crippen molar-refractivity contribution in [3.8, 4) is 0 Å². The average molecular weight is 336 g/mol. The van der Waals surface area contributed by atoms with Gasteiger partial charge in [-0.05, 0) is 0 Å². The first kappa shape index (κ1) is 19.4. The van der Waals surface area contributed by atoms with Gasteiger partial charge in [0, 0.05) is 19.1 Å². The fraction of sp³-hybridized carbons (Fsp3) is 0.889. The third-order valence-corrected chi connectivity index (χ3v) is 2.98. The number of carbonyl (C=O) groups is 1. The highest BCUT2D eigenvalue weighted by molar-refractivity contribution is 8.13. The molecule has 0 saturated carbocycles. The summed E-state index contributed by atoms with van der Waals surface area (Å²) in [5, 5.41) is -0.730. The zero-order valence-corrected chi connectivity index (χ0v) is 10.6. The van der Waals surface area contributed by atoms with Gasteiger partial charge in [0.15, 0.2) is 5.12 Å². The van der Waals surface area contributed by atoms with E-state index in [0.717, 1.165) is 6.92 Å². The predicted octanol–water partition coefficient (Wildman–Crippen LogP) is 4.17. The van der Waals surface area contributed by atoms with Gasteiger partial charge in [0.2, 0.25) is 6.17 Å². The lowest BCUT2D eigenvalue weighted by Gasteiger charge is -2.34. The van der Waals surface area contributed by atoms with Crippen LogP contribution in [0, 0.1) is 0 Å². The van der Waals surface area contributed by atoms with Crippen LogP contribution in [0.5, 0.6) is 0 Å². The van der Waals surface area contributed by atoms with Crippen molar-refractivity contribution in [1.29, 1.82) is 0 Å². The van der Waals surface area contributed by atoms with E-state index in [4.69, 9.17) is 0 Å². The van der Waals surface area contributed by atoms with Crippen LogP contribution < -0.4 is 0 Å². The third kappa shape index (κ3) is 3.95. The van der Waals surface area contributed by atoms with Crippen LogP contribution in [0.4, 0.5) is 39.5 Å². The molecule has 1 unspecified atom stereocenters. The molecule has 0 radical (unpaired) electrons. The Hall–Kier alpha value is -0.610. The first-order chi connectivity index (χ1) is 8.77. The van der Waals surface area contributed by atoms with Crippen molar-refractivity contribution < 1.29 is 44.3 Å². The molecule has 1 nitrogen and oxygen atoms in total. The smallest absolute Gasteiger partial charge is 0.288 e. The molecule has 0 fully saturated rings. The molecule has 0 aliphatic rings. The maximum Gasteiger partial charge on any atom is 0.375 e. The zero-order chi connectivity index (χ0) is 16.4. The second-order valence-corrected chi connectivity index (χ2v) is 5.00. The highest BCUT2D eigenvalue weighted by Gasteiger charge is 2.75. The Bertz CT molecular complexity index is 344. The van der Waals surface area contributed by atoms with E-state index in [1.807, 2.05) is 0 Å². The largest absolute Gasteiger partial charge is 0.375 e. The van der Waals surface area contributed by atoms with Crippen LogP contribution in [0.2, 0.25) is 0 Å². The summed E-state index contributed by atoms with van der Waals surface area (Å²) in [6, 6.07) is 0. The number of rotatable bonds is 7. The molecule has 0 aromatic heterocycles. The van der Waals surface area contributed by atoms with Crippen LogP contribution in [0.1, 0.15) is 13.3 Å². The van der Waals surface area contributed by atoms with E-state index < -0.39 is 47.7 Å². The number of alkyl halides is 9. The van der Waals surface area contributed by atoms with Crippen molar-refractivity contribution in [3.05, 3.63) is 0 Å². The molecule has 0 saturated heterocycles. The van der Waals surface area contributed by atoms with Crippen molar-refractivity contribution >= 4 is 16.9 Å². The summed E-state index contributed by atoms with van der Waals surface area (Å²) in [5.41, 5.74) is 0. The molecule has 1 atom stereocenters. The van der Waals surface area contributed by atoms with Gasteiger partial charge in [0.05, 0.1) is 0 Å². The highest BCUT2D eigenvalue weighted by Crippen LogP contribution is 2.50. The minimum absolute atomic E-state index is 0.161. The SMILES string of the molecule is CC(=O)SCCC(F)(F)C(F)(F)C(F)(F)C(F)C(F)F. The number of carbonyl (C=O) groups excluding carboxylic acids is 1. The third-order valence-electron chi connectivity index (χ3n) is 2.17. The van der Waals surface area contributed by atoms with E-state index >= 15 is 0 Å². The zero-order valence-electron chi connectivity index (χ0n) is 9.79. The van der Waals surface area contributed by atoms with Crippen molar-refractivity contribution in [2.45, 2.75) is 43.7 Å². The number of halogens is 9. The molecule has 0 aliphatic carbocycles. The summed E-state index contributed by atoms with van der Waals surface area (Å²) in [7, 11) is 0. The molecule has 0 rings (SSSR count). The van der Waals surface area contributed by atoms with Crippen molar-refractivity contribution in [2.24, 2.45) is 0 Å². The summed E-state index contributed by atoms with van der Waals surface area (Å²) in [4.78, 5) is 10.4. The van der Waals surface area contributed by atoms with Gasteiger partial charge in [-0.3, -0.25) is 4.79 Å². The lowest BCUT2D eigenvalue weighted by atomic mass is 9.99. The minimum atomic E-state index is -6.31. The minimum Gasteiger partial charge on any atom is -0.288 e. The topological polar surface area (TPSA) is 17.1 Å². The molecule has 0 aromatic rings. The second kappa shape index (κ2) is 6.44. The van der Waals surface area contributed by atoms with Crippen LogP contribution in [0.25, 0.3) is 0 Å². The second-order valence-electron chi connectivity index (χ2n) is 3.73. The van der Waals surface area contributed by atoms with Crippen LogP contribution >= 0.6 is 11.8 Å². The molecule has 0 aromatic carbocycles. The van der Waals surface area contributed by atoms with Gasteiger partial charge < -0.3 is 0 Å². The molecule has 20 heavy (non-hydrogen) atoms. The van der Waals surface area contributed by atoms with Gasteiger partial charge >= 0.3 is 17.8 Å². The van der Waals surface area contributed by atoms with E-state index in [9.17, 15) is 44.3 Å². The summed E-state index contributed by atoms with van der Waals surface area (Å²) in [6.45, 7) is 0.921. The highest BCUT2D eigenvalue weighted by atomic mass is 32.2. The van der Waals surface area contributed by atoms with Crippen molar-refractivity contribution in [2.75, 3.05) is 5.75 Å². The standard InChI is InChI=1S/C9H9F9OS/c1-4(19)20-3-2-7(13,14)9(17,18)8(15,16)5(10)6(11)12/h5-6H,2-3H2,1H3. The molecule has 0 spiro atoms. The Labute approximate surface area is 111 Å². The van der Waals surface area contributed by atoms with Crippen molar-refractivity contribution in [1.82, 2.24) is 0 Å². The lowest BCUT2D eigenvalue weighted by molar-refractivity contribution is -0.333. The molecule has 120 valence electrons. The van der Waals surface area contributed by atoms with E-state index in [1.54, 1.807) is 0 Å². The van der Waals surface area contributed by atoms with Crippen LogP contribution in [0.15, 0.2) is 0 Å². The fourth-order valence-electron chi connectivity index (χ4n) is 1.06. The van der Waals surface area contributed by atoms with Crippen molar-refractivity contribution in [3.63, 3.8) is 0 Å². The Balaban J connectivity index is 5.11. The first-order valence-electron chi connectivity index (χ1n) is 4.96. The van der Waals surface area contributed by atoms with Crippen LogP contribution in [-0.2, 0) is 4.79 Å². The number of hydrogen-bond donors (Lipinski definition) is 0. The summed E-state index contributed by atoms with van der Waals surface area (Å²) in [5.74, 6) is -18.9. The molecule has 0 amide bonds. The molecule has 0 heterocycles. The maximum atomic E-state index is 13.0. The summed E-state index contributed by atoms with van der Waals surface area (Å²) in [6.07, 6.45) is -11.2. The fourth-order valence-corrected chi connectivity index (χ4v) is 1.70. The van der Waals surface area contributed by atoms with Gasteiger partial charge in [-0.15, -0.1) is 0 Å². The van der Waals surface area contributed by atoms with E-state index in [-0.39, 0.29) is 11.8 Å². The van der Waals surface area contributed by atoms with Gasteiger partial charge in [0.25, 0.3) is 6.43 Å².